The van der Waals surface area contributed by atoms with Crippen molar-refractivity contribution in [1.82, 2.24) is 5.32 Å². The second kappa shape index (κ2) is 8.07. The molecule has 2 amide bonds. The summed E-state index contributed by atoms with van der Waals surface area (Å²) in [5.41, 5.74) is -0.554. The highest BCUT2D eigenvalue weighted by Crippen LogP contribution is 2.27. The number of halogens is 1. The first-order chi connectivity index (χ1) is 11.0. The average molecular weight is 358 g/mol. The summed E-state index contributed by atoms with van der Waals surface area (Å²) in [6.45, 7) is 5.70. The van der Waals surface area contributed by atoms with Gasteiger partial charge in [0.15, 0.2) is 13.1 Å². The van der Waals surface area contributed by atoms with Crippen molar-refractivity contribution in [2.45, 2.75) is 26.3 Å². The van der Waals surface area contributed by atoms with E-state index < -0.39 is 10.8 Å². The highest BCUT2D eigenvalue weighted by molar-refractivity contribution is 6.31. The van der Waals surface area contributed by atoms with Crippen LogP contribution in [0.25, 0.3) is 0 Å². The van der Waals surface area contributed by atoms with Crippen LogP contribution in [0, 0.1) is 10.1 Å². The molecule has 9 heteroatoms. The molecule has 0 radical (unpaired) electrons. The Kier molecular flexibility index (Phi) is 6.68. The van der Waals surface area contributed by atoms with Crippen LogP contribution in [0.2, 0.25) is 5.02 Å². The number of hydrogen-bond acceptors (Lipinski definition) is 4. The molecule has 0 aliphatic heterocycles. The lowest BCUT2D eigenvalue weighted by atomic mass is 10.1. The van der Waals surface area contributed by atoms with Gasteiger partial charge in [-0.15, -0.1) is 0 Å². The van der Waals surface area contributed by atoms with Gasteiger partial charge in [-0.2, -0.15) is 0 Å². The van der Waals surface area contributed by atoms with E-state index in [4.69, 9.17) is 11.6 Å². The number of nitrogens with zero attached hydrogens (tertiary/aromatic N) is 1. The first-order valence-corrected chi connectivity index (χ1v) is 7.72. The van der Waals surface area contributed by atoms with Crippen LogP contribution >= 0.6 is 11.6 Å². The normalized spacial score (nSPS) is 12.4. The van der Waals surface area contributed by atoms with E-state index >= 15 is 0 Å². The highest BCUT2D eigenvalue weighted by atomic mass is 35.5. The van der Waals surface area contributed by atoms with E-state index in [-0.39, 0.29) is 40.9 Å². The maximum atomic E-state index is 12.0. The standard InChI is InChI=1S/C15H21ClN4O4/c1-15(2,3)18-14(22)9-19(4)8-13(21)17-11-7-10(16)5-6-12(11)20(23)24/h5-7H,8-9H2,1-4H3,(H,17,21)(H,18,22)/p+1. The number of rotatable bonds is 6. The molecule has 0 fully saturated rings. The smallest absolute Gasteiger partial charge is 0.292 e. The summed E-state index contributed by atoms with van der Waals surface area (Å²) in [6, 6.07) is 3.92. The molecule has 0 saturated heterocycles. The lowest BCUT2D eigenvalue weighted by Gasteiger charge is -2.21. The minimum absolute atomic E-state index is 0.0127. The Balaban J connectivity index is 2.65. The predicted octanol–water partition coefficient (Wildman–Crippen LogP) is 0.616. The fourth-order valence-corrected chi connectivity index (χ4v) is 2.21. The van der Waals surface area contributed by atoms with Crippen molar-refractivity contribution < 1.29 is 19.4 Å². The first kappa shape index (κ1) is 19.9. The van der Waals surface area contributed by atoms with Gasteiger partial charge in [0.05, 0.1) is 12.0 Å². The van der Waals surface area contributed by atoms with E-state index in [1.807, 2.05) is 20.8 Å². The van der Waals surface area contributed by atoms with Gasteiger partial charge in [-0.3, -0.25) is 19.7 Å². The van der Waals surface area contributed by atoms with Crippen LogP contribution in [-0.4, -0.2) is 42.4 Å². The molecule has 1 atom stereocenters. The van der Waals surface area contributed by atoms with Crippen molar-refractivity contribution in [2.75, 3.05) is 25.5 Å². The molecule has 8 nitrogen and oxygen atoms in total. The van der Waals surface area contributed by atoms with Crippen LogP contribution in [0.15, 0.2) is 18.2 Å². The molecule has 0 aromatic heterocycles. The Morgan fingerprint density at radius 3 is 2.38 bits per heavy atom. The number of carbonyl (C=O) groups is 2. The number of nitro groups is 1. The quantitative estimate of drug-likeness (QED) is 0.512. The molecular weight excluding hydrogens is 336 g/mol. The second-order valence-corrected chi connectivity index (χ2v) is 7.01. The van der Waals surface area contributed by atoms with E-state index in [1.165, 1.54) is 18.2 Å². The molecule has 24 heavy (non-hydrogen) atoms. The topological polar surface area (TPSA) is 106 Å². The molecule has 132 valence electrons. The van der Waals surface area contributed by atoms with Crippen molar-refractivity contribution in [3.63, 3.8) is 0 Å². The van der Waals surface area contributed by atoms with Gasteiger partial charge in [-0.25, -0.2) is 0 Å². The zero-order chi connectivity index (χ0) is 18.5. The molecule has 0 saturated carbocycles. The number of benzene rings is 1. The fourth-order valence-electron chi connectivity index (χ4n) is 2.04. The molecule has 1 aromatic rings. The van der Waals surface area contributed by atoms with E-state index in [9.17, 15) is 19.7 Å². The van der Waals surface area contributed by atoms with Gasteiger partial charge < -0.3 is 15.5 Å². The maximum absolute atomic E-state index is 12.0. The summed E-state index contributed by atoms with van der Waals surface area (Å²) < 4.78 is 0. The van der Waals surface area contributed by atoms with E-state index in [0.29, 0.717) is 4.90 Å². The summed E-state index contributed by atoms with van der Waals surface area (Å²) in [4.78, 5) is 34.9. The van der Waals surface area contributed by atoms with Crippen LogP contribution in [0.5, 0.6) is 0 Å². The van der Waals surface area contributed by atoms with Gasteiger partial charge in [0.2, 0.25) is 0 Å². The molecule has 0 aliphatic rings. The zero-order valence-electron chi connectivity index (χ0n) is 14.1. The van der Waals surface area contributed by atoms with Gasteiger partial charge in [0.1, 0.15) is 5.69 Å². The van der Waals surface area contributed by atoms with Gasteiger partial charge >= 0.3 is 0 Å². The lowest BCUT2D eigenvalue weighted by molar-refractivity contribution is -0.862. The summed E-state index contributed by atoms with van der Waals surface area (Å²) in [7, 11) is 1.69. The predicted molar refractivity (Wildman–Crippen MR) is 91.3 cm³/mol. The Morgan fingerprint density at radius 2 is 1.83 bits per heavy atom. The Bertz CT molecular complexity index is 643. The van der Waals surface area contributed by atoms with Crippen molar-refractivity contribution in [1.29, 1.82) is 0 Å². The van der Waals surface area contributed by atoms with Crippen molar-refractivity contribution in [2.24, 2.45) is 0 Å². The van der Waals surface area contributed by atoms with Gasteiger partial charge in [-0.1, -0.05) is 11.6 Å². The molecule has 1 aromatic carbocycles. The van der Waals surface area contributed by atoms with Gasteiger partial charge in [0, 0.05) is 16.6 Å². The summed E-state index contributed by atoms with van der Waals surface area (Å²) in [5.74, 6) is -0.622. The number of nitrogens with one attached hydrogen (secondary N) is 3. The van der Waals surface area contributed by atoms with Crippen LogP contribution in [-0.2, 0) is 9.59 Å². The Labute approximate surface area is 145 Å². The minimum Gasteiger partial charge on any atom is -0.347 e. The Morgan fingerprint density at radius 1 is 1.25 bits per heavy atom. The Hall–Kier alpha value is -2.19. The van der Waals surface area contributed by atoms with Crippen molar-refractivity contribution >= 4 is 34.8 Å². The van der Waals surface area contributed by atoms with E-state index in [1.54, 1.807) is 7.05 Å². The summed E-state index contributed by atoms with van der Waals surface area (Å²) in [5, 5.41) is 16.5. The molecule has 0 spiro atoms. The minimum atomic E-state index is -0.598. The largest absolute Gasteiger partial charge is 0.347 e. The number of carbonyl (C=O) groups excluding carboxylic acids is 2. The number of likely N-dealkylation sites (N-methyl/N-ethyl adjacent to an activating group) is 1. The van der Waals surface area contributed by atoms with Crippen molar-refractivity contribution in [3.05, 3.63) is 33.3 Å². The molecule has 0 bridgehead atoms. The van der Waals surface area contributed by atoms with E-state index in [2.05, 4.69) is 10.6 Å². The van der Waals surface area contributed by atoms with Crippen LogP contribution in [0.1, 0.15) is 20.8 Å². The highest BCUT2D eigenvalue weighted by Gasteiger charge is 2.21. The molecule has 3 N–H and O–H groups in total. The summed E-state index contributed by atoms with van der Waals surface area (Å²) >= 11 is 5.81. The third kappa shape index (κ3) is 6.93. The molecule has 1 rings (SSSR count). The summed E-state index contributed by atoms with van der Waals surface area (Å²) in [6.07, 6.45) is 0. The van der Waals surface area contributed by atoms with Gasteiger partial charge in [0.25, 0.3) is 17.5 Å². The third-order valence-electron chi connectivity index (χ3n) is 2.87. The van der Waals surface area contributed by atoms with Crippen LogP contribution < -0.4 is 15.5 Å². The SMILES string of the molecule is C[NH+](CC(=O)Nc1cc(Cl)ccc1[N+](=O)[O-])CC(=O)NC(C)(C)C. The van der Waals surface area contributed by atoms with Crippen LogP contribution in [0.3, 0.4) is 0 Å². The molecule has 1 unspecified atom stereocenters. The number of anilines is 1. The monoisotopic (exact) mass is 357 g/mol. The number of hydrogen-bond donors (Lipinski definition) is 3. The zero-order valence-corrected chi connectivity index (χ0v) is 14.9. The number of quaternary nitrogens is 1. The molecular formula is C15H22ClN4O4+. The lowest BCUT2D eigenvalue weighted by Crippen LogP contribution is -3.11. The number of nitro benzene ring substituents is 1. The third-order valence-corrected chi connectivity index (χ3v) is 3.10. The number of amides is 2. The van der Waals surface area contributed by atoms with Crippen molar-refractivity contribution in [3.8, 4) is 0 Å². The molecule has 0 heterocycles. The average Bonchev–Trinajstić information content (AvgIpc) is 2.34. The maximum Gasteiger partial charge on any atom is 0.292 e. The molecule has 0 aliphatic carbocycles. The first-order valence-electron chi connectivity index (χ1n) is 7.34. The van der Waals surface area contributed by atoms with Crippen LogP contribution in [0.4, 0.5) is 11.4 Å². The fraction of sp³-hybridized carbons (Fsp3) is 0.467. The second-order valence-electron chi connectivity index (χ2n) is 6.58. The van der Waals surface area contributed by atoms with Gasteiger partial charge in [-0.05, 0) is 32.9 Å². The van der Waals surface area contributed by atoms with E-state index in [0.717, 1.165) is 0 Å².